The van der Waals surface area contributed by atoms with Crippen molar-refractivity contribution in [1.82, 2.24) is 0 Å². The largest absolute Gasteiger partial charge is 0.494 e. The van der Waals surface area contributed by atoms with E-state index in [1.54, 1.807) is 6.07 Å². The molecule has 1 aromatic rings. The maximum absolute atomic E-state index is 14.6. The van der Waals surface area contributed by atoms with Crippen molar-refractivity contribution < 1.29 is 18.3 Å². The van der Waals surface area contributed by atoms with Crippen molar-refractivity contribution in [3.63, 3.8) is 0 Å². The summed E-state index contributed by atoms with van der Waals surface area (Å²) in [5, 5.41) is 0. The number of rotatable bonds is 7. The summed E-state index contributed by atoms with van der Waals surface area (Å²) >= 11 is 0. The Morgan fingerprint density at radius 2 is 1.36 bits per heavy atom. The summed E-state index contributed by atoms with van der Waals surface area (Å²) in [5.41, 5.74) is 0.733. The Bertz CT molecular complexity index is 875. The van der Waals surface area contributed by atoms with Gasteiger partial charge >= 0.3 is 0 Å². The molecule has 0 saturated heterocycles. The molecule has 2 nitrogen and oxygen atoms in total. The third-order valence-electron chi connectivity index (χ3n) is 10.5. The van der Waals surface area contributed by atoms with Crippen LogP contribution >= 0.6 is 0 Å². The molecule has 4 aliphatic rings. The molecule has 1 aliphatic heterocycles. The summed E-state index contributed by atoms with van der Waals surface area (Å²) in [6.45, 7) is 3.99. The second-order valence-corrected chi connectivity index (χ2v) is 12.4. The van der Waals surface area contributed by atoms with Crippen LogP contribution in [-0.4, -0.2) is 13.2 Å². The maximum Gasteiger partial charge on any atom is 0.204 e. The molecule has 4 heteroatoms. The minimum Gasteiger partial charge on any atom is -0.494 e. The lowest BCUT2D eigenvalue weighted by molar-refractivity contribution is 0.0558. The summed E-state index contributed by atoms with van der Waals surface area (Å²) in [4.78, 5) is 0. The molecular formula is C32H46F2O2. The molecule has 0 spiro atoms. The highest BCUT2D eigenvalue weighted by molar-refractivity contribution is 5.44. The van der Waals surface area contributed by atoms with Crippen molar-refractivity contribution in [3.8, 4) is 11.5 Å². The molecule has 0 radical (unpaired) electrons. The predicted octanol–water partition coefficient (Wildman–Crippen LogP) is 9.05. The van der Waals surface area contributed by atoms with Gasteiger partial charge in [-0.3, -0.25) is 0 Å². The zero-order valence-corrected chi connectivity index (χ0v) is 22.3. The first-order valence-electron chi connectivity index (χ1n) is 14.9. The van der Waals surface area contributed by atoms with E-state index in [4.69, 9.17) is 9.47 Å². The fourth-order valence-corrected chi connectivity index (χ4v) is 8.06. The molecular weight excluding hydrogens is 454 g/mol. The van der Waals surface area contributed by atoms with Crippen LogP contribution in [0.15, 0.2) is 18.7 Å². The van der Waals surface area contributed by atoms with Gasteiger partial charge in [0.1, 0.15) is 6.10 Å². The summed E-state index contributed by atoms with van der Waals surface area (Å²) < 4.78 is 39.9. The van der Waals surface area contributed by atoms with Crippen LogP contribution in [0.3, 0.4) is 0 Å². The first kappa shape index (κ1) is 26.0. The normalized spacial score (nSPS) is 34.9. The lowest BCUT2D eigenvalue weighted by Gasteiger charge is -2.41. The smallest absolute Gasteiger partial charge is 0.204 e. The van der Waals surface area contributed by atoms with Crippen molar-refractivity contribution in [3.05, 3.63) is 35.9 Å². The molecule has 200 valence electrons. The highest BCUT2D eigenvalue weighted by Gasteiger charge is 2.36. The SMILES string of the molecule is C=CC1CCC(CCC2CCC(C3CCC(C4CCc5cc(OC)c(F)c(F)c5O4)CC3)CC2)CC1. The number of aryl methyl sites for hydroxylation is 1. The van der Waals surface area contributed by atoms with Gasteiger partial charge in [0.15, 0.2) is 11.5 Å². The lowest BCUT2D eigenvalue weighted by atomic mass is 9.67. The topological polar surface area (TPSA) is 18.5 Å². The van der Waals surface area contributed by atoms with Crippen molar-refractivity contribution in [2.75, 3.05) is 7.11 Å². The third-order valence-corrected chi connectivity index (χ3v) is 10.5. The van der Waals surface area contributed by atoms with Crippen LogP contribution in [0.5, 0.6) is 11.5 Å². The number of methoxy groups -OCH3 is 1. The summed E-state index contributed by atoms with van der Waals surface area (Å²) in [7, 11) is 1.37. The number of allylic oxidation sites excluding steroid dienone is 1. The standard InChI is InChI=1S/C32H46F2O2/c1-3-21-4-6-22(7-5-21)8-9-23-10-12-24(13-11-23)25-14-16-26(17-15-25)28-19-18-27-20-29(35-2)30(33)31(34)32(27)36-28/h3,20-26,28H,1,4-19H2,2H3. The molecule has 3 aliphatic carbocycles. The minimum absolute atomic E-state index is 0.0121. The number of hydrogen-bond acceptors (Lipinski definition) is 2. The van der Waals surface area contributed by atoms with E-state index >= 15 is 0 Å². The Balaban J connectivity index is 1.04. The summed E-state index contributed by atoms with van der Waals surface area (Å²) in [6, 6.07) is 1.60. The Morgan fingerprint density at radius 3 is 1.94 bits per heavy atom. The van der Waals surface area contributed by atoms with Crippen LogP contribution in [0.2, 0.25) is 0 Å². The van der Waals surface area contributed by atoms with Gasteiger partial charge in [-0.25, -0.2) is 0 Å². The van der Waals surface area contributed by atoms with Gasteiger partial charge in [-0.15, -0.1) is 6.58 Å². The first-order valence-corrected chi connectivity index (χ1v) is 14.9. The molecule has 1 unspecified atom stereocenters. The van der Waals surface area contributed by atoms with E-state index in [1.165, 1.54) is 84.2 Å². The maximum atomic E-state index is 14.6. The third kappa shape index (κ3) is 5.78. The second-order valence-electron chi connectivity index (χ2n) is 12.4. The van der Waals surface area contributed by atoms with E-state index in [0.29, 0.717) is 5.92 Å². The first-order chi connectivity index (χ1) is 17.6. The van der Waals surface area contributed by atoms with Crippen molar-refractivity contribution in [2.45, 2.75) is 109 Å². The fraction of sp³-hybridized carbons (Fsp3) is 0.750. The van der Waals surface area contributed by atoms with E-state index in [1.807, 2.05) is 0 Å². The summed E-state index contributed by atoms with van der Waals surface area (Å²) in [6.07, 6.45) is 22.9. The summed E-state index contributed by atoms with van der Waals surface area (Å²) in [5.74, 6) is 3.20. The average Bonchev–Trinajstić information content (AvgIpc) is 2.94. The fourth-order valence-electron chi connectivity index (χ4n) is 8.06. The molecule has 5 rings (SSSR count). The number of benzene rings is 1. The van der Waals surface area contributed by atoms with Gasteiger partial charge in [-0.2, -0.15) is 8.78 Å². The zero-order valence-electron chi connectivity index (χ0n) is 22.3. The molecule has 0 aromatic heterocycles. The molecule has 1 atom stereocenters. The number of fused-ring (bicyclic) bond motifs is 1. The van der Waals surface area contributed by atoms with Crippen LogP contribution in [0.4, 0.5) is 8.78 Å². The van der Waals surface area contributed by atoms with Crippen molar-refractivity contribution in [2.24, 2.45) is 35.5 Å². The second kappa shape index (κ2) is 11.9. The van der Waals surface area contributed by atoms with Gasteiger partial charge in [0, 0.05) is 5.56 Å². The lowest BCUT2D eigenvalue weighted by Crippen LogP contribution is -2.35. The van der Waals surface area contributed by atoms with Crippen LogP contribution < -0.4 is 9.47 Å². The van der Waals surface area contributed by atoms with E-state index in [2.05, 4.69) is 12.7 Å². The Labute approximate surface area is 217 Å². The van der Waals surface area contributed by atoms with Gasteiger partial charge in [-0.05, 0) is 119 Å². The van der Waals surface area contributed by atoms with Crippen LogP contribution in [0.25, 0.3) is 0 Å². The van der Waals surface area contributed by atoms with Crippen molar-refractivity contribution in [1.29, 1.82) is 0 Å². The molecule has 0 amide bonds. The number of ether oxygens (including phenoxy) is 2. The Kier molecular flexibility index (Phi) is 8.58. The highest BCUT2D eigenvalue weighted by atomic mass is 19.2. The molecule has 0 bridgehead atoms. The van der Waals surface area contributed by atoms with Crippen LogP contribution in [0.1, 0.15) is 102 Å². The van der Waals surface area contributed by atoms with E-state index in [0.717, 1.165) is 60.8 Å². The zero-order chi connectivity index (χ0) is 25.1. The van der Waals surface area contributed by atoms with Crippen LogP contribution in [-0.2, 0) is 6.42 Å². The molecule has 1 aromatic carbocycles. The monoisotopic (exact) mass is 500 g/mol. The van der Waals surface area contributed by atoms with Gasteiger partial charge < -0.3 is 9.47 Å². The quantitative estimate of drug-likeness (QED) is 0.348. The Hall–Kier alpha value is -1.58. The predicted molar refractivity (Wildman–Crippen MR) is 141 cm³/mol. The molecule has 3 saturated carbocycles. The average molecular weight is 501 g/mol. The molecule has 36 heavy (non-hydrogen) atoms. The van der Waals surface area contributed by atoms with E-state index in [9.17, 15) is 8.78 Å². The van der Waals surface area contributed by atoms with E-state index in [-0.39, 0.29) is 17.6 Å². The highest BCUT2D eigenvalue weighted by Crippen LogP contribution is 2.46. The van der Waals surface area contributed by atoms with Crippen molar-refractivity contribution >= 4 is 0 Å². The molecule has 0 N–H and O–H groups in total. The van der Waals surface area contributed by atoms with Gasteiger partial charge in [0.05, 0.1) is 7.11 Å². The Morgan fingerprint density at radius 1 is 0.806 bits per heavy atom. The molecule has 1 heterocycles. The van der Waals surface area contributed by atoms with Crippen LogP contribution in [0, 0.1) is 47.1 Å². The number of halogens is 2. The van der Waals surface area contributed by atoms with Gasteiger partial charge in [0.2, 0.25) is 11.6 Å². The minimum atomic E-state index is -0.934. The van der Waals surface area contributed by atoms with E-state index < -0.39 is 11.6 Å². The number of hydrogen-bond donors (Lipinski definition) is 0. The van der Waals surface area contributed by atoms with Gasteiger partial charge in [0.25, 0.3) is 0 Å². The molecule has 3 fully saturated rings. The van der Waals surface area contributed by atoms with Gasteiger partial charge in [-0.1, -0.05) is 31.8 Å².